The maximum atomic E-state index is 13.6. The molecule has 5 rings (SSSR count). The number of furan rings is 1. The number of alkyl halides is 3. The third-order valence-electron chi connectivity index (χ3n) is 4.42. The summed E-state index contributed by atoms with van der Waals surface area (Å²) in [5, 5.41) is 4.81. The van der Waals surface area contributed by atoms with Crippen LogP contribution in [0.3, 0.4) is 0 Å². The molecule has 144 valence electrons. The van der Waals surface area contributed by atoms with Crippen molar-refractivity contribution in [3.05, 3.63) is 71.8 Å². The fourth-order valence-corrected chi connectivity index (χ4v) is 4.06. The van der Waals surface area contributed by atoms with Crippen molar-refractivity contribution in [1.29, 1.82) is 0 Å². The molecule has 0 saturated heterocycles. The summed E-state index contributed by atoms with van der Waals surface area (Å²) in [4.78, 5) is 3.87. The molecule has 0 N–H and O–H groups in total. The Hall–Kier alpha value is -3.39. The molecular formula is C21H11F3N2O2S. The Labute approximate surface area is 166 Å². The number of fused-ring (bicyclic) bond motifs is 1. The van der Waals surface area contributed by atoms with Crippen LogP contribution >= 0.6 is 11.3 Å². The highest BCUT2D eigenvalue weighted by atomic mass is 32.1. The van der Waals surface area contributed by atoms with Crippen LogP contribution in [0.1, 0.15) is 4.88 Å². The van der Waals surface area contributed by atoms with Crippen LogP contribution in [0.4, 0.5) is 13.2 Å². The van der Waals surface area contributed by atoms with Crippen molar-refractivity contribution in [1.82, 2.24) is 10.1 Å². The molecule has 29 heavy (non-hydrogen) atoms. The van der Waals surface area contributed by atoms with Crippen molar-refractivity contribution >= 4 is 22.3 Å². The molecule has 2 aromatic carbocycles. The average molecular weight is 412 g/mol. The molecule has 0 saturated carbocycles. The second kappa shape index (κ2) is 6.59. The van der Waals surface area contributed by atoms with E-state index in [1.165, 1.54) is 6.07 Å². The lowest BCUT2D eigenvalue weighted by Crippen LogP contribution is -2.03. The van der Waals surface area contributed by atoms with Crippen molar-refractivity contribution in [2.75, 3.05) is 0 Å². The van der Waals surface area contributed by atoms with E-state index >= 15 is 0 Å². The van der Waals surface area contributed by atoms with Gasteiger partial charge < -0.3 is 8.94 Å². The number of nitrogens with zero attached hydrogens (tertiary/aromatic N) is 2. The van der Waals surface area contributed by atoms with E-state index in [1.807, 2.05) is 6.07 Å². The molecule has 0 bridgehead atoms. The Morgan fingerprint density at radius 1 is 0.897 bits per heavy atom. The van der Waals surface area contributed by atoms with Gasteiger partial charge in [-0.25, -0.2) is 0 Å². The molecule has 0 aliphatic rings. The van der Waals surface area contributed by atoms with Crippen LogP contribution in [0, 0.1) is 0 Å². The summed E-state index contributed by atoms with van der Waals surface area (Å²) >= 11 is 0.591. The van der Waals surface area contributed by atoms with Crippen LogP contribution in [0.5, 0.6) is 0 Å². The number of hydrogen-bond acceptors (Lipinski definition) is 5. The third kappa shape index (κ3) is 3.21. The predicted molar refractivity (Wildman–Crippen MR) is 103 cm³/mol. The van der Waals surface area contributed by atoms with Gasteiger partial charge in [0.15, 0.2) is 0 Å². The molecule has 3 heterocycles. The van der Waals surface area contributed by atoms with Crippen LogP contribution in [-0.4, -0.2) is 10.1 Å². The fourth-order valence-electron chi connectivity index (χ4n) is 3.09. The molecule has 0 fully saturated rings. The molecule has 0 unspecified atom stereocenters. The minimum absolute atomic E-state index is 0.0463. The van der Waals surface area contributed by atoms with E-state index in [0.717, 1.165) is 11.0 Å². The van der Waals surface area contributed by atoms with Crippen LogP contribution in [-0.2, 0) is 6.18 Å². The zero-order valence-electron chi connectivity index (χ0n) is 14.6. The summed E-state index contributed by atoms with van der Waals surface area (Å²) < 4.78 is 51.3. The SMILES string of the molecule is FC(F)(F)c1sc(-c2nc(-c3ccc4occc4c3)no2)cc1-c1ccccc1. The molecule has 3 aromatic heterocycles. The van der Waals surface area contributed by atoms with Gasteiger partial charge in [-0.15, -0.1) is 11.3 Å². The molecule has 5 aromatic rings. The number of benzene rings is 2. The van der Waals surface area contributed by atoms with E-state index in [9.17, 15) is 13.2 Å². The molecule has 8 heteroatoms. The van der Waals surface area contributed by atoms with Crippen LogP contribution in [0.25, 0.3) is 44.3 Å². The molecule has 0 atom stereocenters. The Kier molecular flexibility index (Phi) is 4.02. The van der Waals surface area contributed by atoms with Crippen LogP contribution in [0.2, 0.25) is 0 Å². The van der Waals surface area contributed by atoms with Gasteiger partial charge in [0.25, 0.3) is 5.89 Å². The lowest BCUT2D eigenvalue weighted by Gasteiger charge is -2.07. The topological polar surface area (TPSA) is 52.1 Å². The Morgan fingerprint density at radius 3 is 2.52 bits per heavy atom. The predicted octanol–water partition coefficient (Wildman–Crippen LogP) is 6.90. The Bertz CT molecular complexity index is 1300. The van der Waals surface area contributed by atoms with Crippen LogP contribution < -0.4 is 0 Å². The van der Waals surface area contributed by atoms with Gasteiger partial charge in [0.05, 0.1) is 11.1 Å². The summed E-state index contributed by atoms with van der Waals surface area (Å²) in [7, 11) is 0. The van der Waals surface area contributed by atoms with Crippen molar-refractivity contribution in [2.24, 2.45) is 0 Å². The van der Waals surface area contributed by atoms with Gasteiger partial charge in [0.2, 0.25) is 5.82 Å². The van der Waals surface area contributed by atoms with Gasteiger partial charge >= 0.3 is 6.18 Å². The maximum absolute atomic E-state index is 13.6. The van der Waals surface area contributed by atoms with Crippen molar-refractivity contribution in [2.45, 2.75) is 6.18 Å². The van der Waals surface area contributed by atoms with Crippen molar-refractivity contribution in [3.63, 3.8) is 0 Å². The lowest BCUT2D eigenvalue weighted by molar-refractivity contribution is -0.133. The van der Waals surface area contributed by atoms with Gasteiger partial charge in [0, 0.05) is 16.5 Å². The van der Waals surface area contributed by atoms with Crippen molar-refractivity contribution in [3.8, 4) is 33.3 Å². The van der Waals surface area contributed by atoms with Gasteiger partial charge in [-0.3, -0.25) is 0 Å². The standard InChI is InChI=1S/C21H11F3N2O2S/c22-21(23,24)18-15(12-4-2-1-3-5-12)11-17(29-18)20-25-19(26-28-20)14-6-7-16-13(10-14)8-9-27-16/h1-11H. The first kappa shape index (κ1) is 17.7. The summed E-state index contributed by atoms with van der Waals surface area (Å²) in [6.07, 6.45) is -2.91. The first-order valence-electron chi connectivity index (χ1n) is 8.57. The average Bonchev–Trinajstić information content (AvgIpc) is 3.45. The first-order chi connectivity index (χ1) is 14.0. The van der Waals surface area contributed by atoms with Crippen LogP contribution in [0.15, 0.2) is 75.9 Å². The zero-order valence-corrected chi connectivity index (χ0v) is 15.4. The number of rotatable bonds is 3. The maximum Gasteiger partial charge on any atom is 0.426 e. The highest BCUT2D eigenvalue weighted by Crippen LogP contribution is 2.45. The number of thiophene rings is 1. The smallest absolute Gasteiger partial charge is 0.426 e. The van der Waals surface area contributed by atoms with Gasteiger partial charge in [0.1, 0.15) is 10.5 Å². The molecule has 0 aliphatic heterocycles. The molecule has 0 radical (unpaired) electrons. The highest BCUT2D eigenvalue weighted by molar-refractivity contribution is 7.16. The summed E-state index contributed by atoms with van der Waals surface area (Å²) in [6.45, 7) is 0. The fraction of sp³-hybridized carbons (Fsp3) is 0.0476. The van der Waals surface area contributed by atoms with E-state index in [2.05, 4.69) is 10.1 Å². The van der Waals surface area contributed by atoms with E-state index < -0.39 is 11.1 Å². The Balaban J connectivity index is 1.57. The first-order valence-corrected chi connectivity index (χ1v) is 9.39. The zero-order chi connectivity index (χ0) is 20.0. The molecule has 0 amide bonds. The normalized spacial score (nSPS) is 12.0. The highest BCUT2D eigenvalue weighted by Gasteiger charge is 2.37. The molecule has 4 nitrogen and oxygen atoms in total. The summed E-state index contributed by atoms with van der Waals surface area (Å²) in [5.74, 6) is 0.344. The minimum atomic E-state index is -4.48. The number of halogens is 3. The quantitative estimate of drug-likeness (QED) is 0.324. The van der Waals surface area contributed by atoms with E-state index in [4.69, 9.17) is 8.94 Å². The van der Waals surface area contributed by atoms with E-state index in [0.29, 0.717) is 28.3 Å². The Morgan fingerprint density at radius 2 is 1.72 bits per heavy atom. The van der Waals surface area contributed by atoms with Gasteiger partial charge in [-0.2, -0.15) is 18.2 Å². The lowest BCUT2D eigenvalue weighted by atomic mass is 10.1. The second-order valence-electron chi connectivity index (χ2n) is 6.31. The number of aromatic nitrogens is 2. The molecular weight excluding hydrogens is 401 g/mol. The van der Waals surface area contributed by atoms with E-state index in [-0.39, 0.29) is 16.3 Å². The largest absolute Gasteiger partial charge is 0.464 e. The van der Waals surface area contributed by atoms with Gasteiger partial charge in [-0.1, -0.05) is 35.5 Å². The minimum Gasteiger partial charge on any atom is -0.464 e. The molecule has 0 aliphatic carbocycles. The number of hydrogen-bond donors (Lipinski definition) is 0. The molecule has 0 spiro atoms. The monoisotopic (exact) mass is 412 g/mol. The van der Waals surface area contributed by atoms with Gasteiger partial charge in [-0.05, 0) is 35.9 Å². The van der Waals surface area contributed by atoms with E-state index in [1.54, 1.807) is 54.8 Å². The second-order valence-corrected chi connectivity index (χ2v) is 7.37. The summed E-state index contributed by atoms with van der Waals surface area (Å²) in [5.41, 5.74) is 1.98. The third-order valence-corrected chi connectivity index (χ3v) is 5.59. The van der Waals surface area contributed by atoms with Crippen molar-refractivity contribution < 1.29 is 22.1 Å². The summed E-state index contributed by atoms with van der Waals surface area (Å²) in [6, 6.07) is 17.1.